The molecule has 1 aromatic rings. The molecule has 144 valence electrons. The summed E-state index contributed by atoms with van der Waals surface area (Å²) in [5.41, 5.74) is 3.27. The summed E-state index contributed by atoms with van der Waals surface area (Å²) in [5.74, 6) is 2.72. The number of rotatable bonds is 7. The van der Waals surface area contributed by atoms with Crippen molar-refractivity contribution < 1.29 is 14.7 Å². The quantitative estimate of drug-likeness (QED) is 0.375. The maximum atomic E-state index is 9.38. The van der Waals surface area contributed by atoms with Crippen LogP contribution in [0.5, 0.6) is 11.5 Å². The average molecular weight is 378 g/mol. The second-order valence-corrected chi connectivity index (χ2v) is 8.87. The fraction of sp³-hybridized carbons (Fsp3) is 0.667. The van der Waals surface area contributed by atoms with E-state index in [2.05, 4.69) is 38.1 Å². The third-order valence-electron chi connectivity index (χ3n) is 5.77. The van der Waals surface area contributed by atoms with Crippen LogP contribution in [0, 0.1) is 0 Å². The predicted molar refractivity (Wildman–Crippen MR) is 108 cm³/mol. The lowest BCUT2D eigenvalue weighted by atomic mass is 9.77. The Bertz CT molecular complexity index is 671. The lowest BCUT2D eigenvalue weighted by Gasteiger charge is -2.27. The van der Waals surface area contributed by atoms with E-state index < -0.39 is 0 Å². The molecule has 4 nitrogen and oxygen atoms in total. The normalized spacial score (nSPS) is 23.5. The number of ether oxygens (including phenoxy) is 2. The van der Waals surface area contributed by atoms with Crippen molar-refractivity contribution in [2.45, 2.75) is 76.7 Å². The van der Waals surface area contributed by atoms with Crippen molar-refractivity contribution in [1.29, 1.82) is 0 Å². The Hall–Kier alpha value is -1.36. The highest BCUT2D eigenvalue weighted by molar-refractivity contribution is 7.98. The van der Waals surface area contributed by atoms with Crippen LogP contribution in [0.25, 0.3) is 0 Å². The summed E-state index contributed by atoms with van der Waals surface area (Å²) in [7, 11) is 0. The Morgan fingerprint density at radius 2 is 2.19 bits per heavy atom. The minimum atomic E-state index is -0.144. The van der Waals surface area contributed by atoms with Crippen LogP contribution in [0.1, 0.15) is 76.3 Å². The van der Waals surface area contributed by atoms with Gasteiger partial charge in [-0.2, -0.15) is 0 Å². The van der Waals surface area contributed by atoms with E-state index in [1.54, 1.807) is 11.8 Å². The van der Waals surface area contributed by atoms with Crippen LogP contribution in [0.15, 0.2) is 17.3 Å². The number of fused-ring (bicyclic) bond motifs is 3. The van der Waals surface area contributed by atoms with Gasteiger partial charge in [0.1, 0.15) is 23.5 Å². The molecule has 0 amide bonds. The van der Waals surface area contributed by atoms with Crippen LogP contribution in [-0.4, -0.2) is 29.2 Å². The Labute approximate surface area is 161 Å². The summed E-state index contributed by atoms with van der Waals surface area (Å²) in [4.78, 5) is 0. The first kappa shape index (κ1) is 19.4. The van der Waals surface area contributed by atoms with Crippen molar-refractivity contribution in [2.75, 3.05) is 12.2 Å². The van der Waals surface area contributed by atoms with Crippen LogP contribution < -0.4 is 9.47 Å². The Morgan fingerprint density at radius 3 is 2.88 bits per heavy atom. The molecular formula is C21H31NO3S. The van der Waals surface area contributed by atoms with Gasteiger partial charge in [-0.25, -0.2) is 0 Å². The Balaban J connectivity index is 2.01. The maximum Gasteiger partial charge on any atom is 0.147 e. The fourth-order valence-corrected chi connectivity index (χ4v) is 4.42. The van der Waals surface area contributed by atoms with E-state index in [0.717, 1.165) is 42.9 Å². The summed E-state index contributed by atoms with van der Waals surface area (Å²) in [6, 6.07) is 4.42. The highest BCUT2D eigenvalue weighted by Crippen LogP contribution is 2.51. The summed E-state index contributed by atoms with van der Waals surface area (Å²) in [6.07, 6.45) is 8.32. The summed E-state index contributed by atoms with van der Waals surface area (Å²) in [5, 5.41) is 12.9. The molecule has 2 aliphatic rings. The number of benzene rings is 1. The van der Waals surface area contributed by atoms with Crippen molar-refractivity contribution in [3.05, 3.63) is 23.3 Å². The first-order chi connectivity index (χ1) is 12.5. The number of hydrogen-bond acceptors (Lipinski definition) is 5. The number of unbranched alkanes of at least 4 members (excludes halogenated alkanes) is 1. The molecule has 0 bridgehead atoms. The van der Waals surface area contributed by atoms with Crippen molar-refractivity contribution >= 4 is 17.5 Å². The summed E-state index contributed by atoms with van der Waals surface area (Å²) < 4.78 is 12.4. The van der Waals surface area contributed by atoms with Gasteiger partial charge >= 0.3 is 0 Å². The van der Waals surface area contributed by atoms with Gasteiger partial charge in [-0.05, 0) is 55.1 Å². The molecule has 1 heterocycles. The molecule has 26 heavy (non-hydrogen) atoms. The van der Waals surface area contributed by atoms with E-state index in [1.807, 2.05) is 6.26 Å². The first-order valence-electron chi connectivity index (χ1n) is 9.69. The van der Waals surface area contributed by atoms with E-state index in [1.165, 1.54) is 24.0 Å². The fourth-order valence-electron chi connectivity index (χ4n) is 4.18. The molecule has 2 atom stereocenters. The monoisotopic (exact) mass is 377 g/mol. The SMILES string of the molecule is CCCCC(C)(C)c1cc(OCSC)c2c(c1)OC1/C(=N\O)CCCC21. The summed E-state index contributed by atoms with van der Waals surface area (Å²) >= 11 is 1.68. The molecule has 1 N–H and O–H groups in total. The molecule has 0 saturated heterocycles. The lowest BCUT2D eigenvalue weighted by molar-refractivity contribution is 0.236. The minimum absolute atomic E-state index is 0.0769. The van der Waals surface area contributed by atoms with Crippen molar-refractivity contribution in [3.8, 4) is 11.5 Å². The van der Waals surface area contributed by atoms with Gasteiger partial charge in [0.05, 0.1) is 5.71 Å². The van der Waals surface area contributed by atoms with Gasteiger partial charge in [0, 0.05) is 11.5 Å². The highest BCUT2D eigenvalue weighted by Gasteiger charge is 2.43. The van der Waals surface area contributed by atoms with Crippen molar-refractivity contribution in [1.82, 2.24) is 0 Å². The van der Waals surface area contributed by atoms with Crippen LogP contribution in [0.4, 0.5) is 0 Å². The van der Waals surface area contributed by atoms with E-state index >= 15 is 0 Å². The average Bonchev–Trinajstić information content (AvgIpc) is 3.03. The zero-order chi connectivity index (χ0) is 18.7. The topological polar surface area (TPSA) is 51.0 Å². The molecule has 0 radical (unpaired) electrons. The van der Waals surface area contributed by atoms with Crippen LogP contribution >= 0.6 is 11.8 Å². The van der Waals surface area contributed by atoms with Gasteiger partial charge in [0.25, 0.3) is 0 Å². The number of nitrogens with zero attached hydrogens (tertiary/aromatic N) is 1. The number of thioether (sulfide) groups is 1. The van der Waals surface area contributed by atoms with E-state index in [0.29, 0.717) is 5.94 Å². The molecule has 2 unspecified atom stereocenters. The van der Waals surface area contributed by atoms with Gasteiger partial charge in [-0.1, -0.05) is 38.8 Å². The zero-order valence-corrected chi connectivity index (χ0v) is 17.2. The lowest BCUT2D eigenvalue weighted by Crippen LogP contribution is -2.33. The standard InChI is InChI=1S/C21H31NO3S/c1-5-6-10-21(2,3)14-11-17(24-13-26-4)19-15-8-7-9-16(22-23)20(15)25-18(19)12-14/h11-12,15,20,23H,5-10,13H2,1-4H3/b22-16-. The molecule has 3 rings (SSSR count). The molecular weight excluding hydrogens is 346 g/mol. The largest absolute Gasteiger partial charge is 0.483 e. The molecule has 0 aromatic heterocycles. The Kier molecular flexibility index (Phi) is 6.06. The van der Waals surface area contributed by atoms with Gasteiger partial charge in [0.15, 0.2) is 0 Å². The van der Waals surface area contributed by atoms with Crippen LogP contribution in [0.2, 0.25) is 0 Å². The van der Waals surface area contributed by atoms with Crippen LogP contribution in [-0.2, 0) is 5.41 Å². The van der Waals surface area contributed by atoms with E-state index in [9.17, 15) is 5.21 Å². The second-order valence-electron chi connectivity index (χ2n) is 8.05. The smallest absolute Gasteiger partial charge is 0.147 e. The first-order valence-corrected chi connectivity index (χ1v) is 11.1. The molecule has 5 heteroatoms. The van der Waals surface area contributed by atoms with Gasteiger partial charge < -0.3 is 14.7 Å². The third kappa shape index (κ3) is 3.68. The number of oxime groups is 1. The zero-order valence-electron chi connectivity index (χ0n) is 16.4. The molecule has 1 aliphatic carbocycles. The van der Waals surface area contributed by atoms with E-state index in [-0.39, 0.29) is 17.4 Å². The molecule has 1 saturated carbocycles. The Morgan fingerprint density at radius 1 is 1.38 bits per heavy atom. The molecule has 1 fully saturated rings. The number of hydrogen-bond donors (Lipinski definition) is 1. The predicted octanol–water partition coefficient (Wildman–Crippen LogP) is 5.71. The van der Waals surface area contributed by atoms with E-state index in [4.69, 9.17) is 9.47 Å². The maximum absolute atomic E-state index is 9.38. The van der Waals surface area contributed by atoms with Crippen molar-refractivity contribution in [2.24, 2.45) is 5.16 Å². The second kappa shape index (κ2) is 8.12. The molecule has 0 spiro atoms. The minimum Gasteiger partial charge on any atom is -0.483 e. The molecule has 1 aliphatic heterocycles. The van der Waals surface area contributed by atoms with Crippen molar-refractivity contribution in [3.63, 3.8) is 0 Å². The molecule has 1 aromatic carbocycles. The van der Waals surface area contributed by atoms with Gasteiger partial charge in [-0.3, -0.25) is 0 Å². The van der Waals surface area contributed by atoms with Gasteiger partial charge in [0.2, 0.25) is 0 Å². The third-order valence-corrected chi connectivity index (χ3v) is 6.12. The van der Waals surface area contributed by atoms with Crippen LogP contribution in [0.3, 0.4) is 0 Å². The highest BCUT2D eigenvalue weighted by atomic mass is 32.2. The van der Waals surface area contributed by atoms with Gasteiger partial charge in [-0.15, -0.1) is 11.8 Å². The summed E-state index contributed by atoms with van der Waals surface area (Å²) in [6.45, 7) is 6.83.